The van der Waals surface area contributed by atoms with Gasteiger partial charge in [-0.3, -0.25) is 0 Å². The number of nitrogen functional groups attached to an aromatic ring is 1. The van der Waals surface area contributed by atoms with Crippen LogP contribution in [0.15, 0.2) is 30.3 Å². The highest BCUT2D eigenvalue weighted by Crippen LogP contribution is 2.29. The lowest BCUT2D eigenvalue weighted by atomic mass is 10.1. The average Bonchev–Trinajstić information content (AvgIpc) is 3.03. The highest BCUT2D eigenvalue weighted by molar-refractivity contribution is 6.31. The molecule has 2 aromatic carbocycles. The van der Waals surface area contributed by atoms with Crippen molar-refractivity contribution in [1.29, 1.82) is 0 Å². The van der Waals surface area contributed by atoms with E-state index in [0.29, 0.717) is 23.9 Å². The SMILES string of the molecule is Nc1cc(Cl)cc2[nH]c(-c3ccc4c(c3)COC4)nc12. The number of ether oxygens (including phenoxy) is 1. The van der Waals surface area contributed by atoms with Crippen molar-refractivity contribution >= 4 is 28.3 Å². The molecular formula is C15H12ClN3O. The molecule has 0 unspecified atom stereocenters. The van der Waals surface area contributed by atoms with Crippen LogP contribution in [0.5, 0.6) is 0 Å². The minimum atomic E-state index is 0.583. The molecule has 3 aromatic rings. The molecule has 0 aliphatic carbocycles. The first-order valence-corrected chi connectivity index (χ1v) is 6.73. The Labute approximate surface area is 120 Å². The van der Waals surface area contributed by atoms with Crippen LogP contribution >= 0.6 is 11.6 Å². The Morgan fingerprint density at radius 3 is 2.90 bits per heavy atom. The van der Waals surface area contributed by atoms with Crippen LogP contribution in [0.3, 0.4) is 0 Å². The lowest BCUT2D eigenvalue weighted by Gasteiger charge is -2.00. The van der Waals surface area contributed by atoms with Crippen LogP contribution < -0.4 is 5.73 Å². The van der Waals surface area contributed by atoms with Gasteiger partial charge in [-0.1, -0.05) is 23.7 Å². The summed E-state index contributed by atoms with van der Waals surface area (Å²) in [7, 11) is 0. The summed E-state index contributed by atoms with van der Waals surface area (Å²) in [6, 6.07) is 9.79. The van der Waals surface area contributed by atoms with Crippen molar-refractivity contribution < 1.29 is 4.74 Å². The predicted octanol–water partition coefficient (Wildman–Crippen LogP) is 3.50. The van der Waals surface area contributed by atoms with E-state index in [1.807, 2.05) is 12.1 Å². The first kappa shape index (κ1) is 11.8. The highest BCUT2D eigenvalue weighted by Gasteiger charge is 2.14. The van der Waals surface area contributed by atoms with Crippen molar-refractivity contribution in [3.8, 4) is 11.4 Å². The third-order valence-electron chi connectivity index (χ3n) is 3.58. The van der Waals surface area contributed by atoms with E-state index in [4.69, 9.17) is 22.1 Å². The molecule has 1 aliphatic rings. The topological polar surface area (TPSA) is 63.9 Å². The van der Waals surface area contributed by atoms with E-state index in [1.54, 1.807) is 6.07 Å². The molecule has 4 nitrogen and oxygen atoms in total. The Bertz CT molecular complexity index is 825. The fraction of sp³-hybridized carbons (Fsp3) is 0.133. The Hall–Kier alpha value is -2.04. The third kappa shape index (κ3) is 1.77. The van der Waals surface area contributed by atoms with Gasteiger partial charge in [0.05, 0.1) is 24.4 Å². The number of imidazole rings is 1. The molecule has 100 valence electrons. The Morgan fingerprint density at radius 1 is 1.15 bits per heavy atom. The zero-order valence-corrected chi connectivity index (χ0v) is 11.4. The Balaban J connectivity index is 1.88. The number of H-pyrrole nitrogens is 1. The van der Waals surface area contributed by atoms with Gasteiger partial charge in [0.2, 0.25) is 0 Å². The summed E-state index contributed by atoms with van der Waals surface area (Å²) >= 11 is 6.01. The third-order valence-corrected chi connectivity index (χ3v) is 3.79. The van der Waals surface area contributed by atoms with E-state index in [9.17, 15) is 0 Å². The zero-order chi connectivity index (χ0) is 13.7. The summed E-state index contributed by atoms with van der Waals surface area (Å²) in [4.78, 5) is 7.84. The lowest BCUT2D eigenvalue weighted by Crippen LogP contribution is -1.87. The van der Waals surface area contributed by atoms with Gasteiger partial charge in [0.1, 0.15) is 11.3 Å². The maximum Gasteiger partial charge on any atom is 0.138 e. The van der Waals surface area contributed by atoms with Crippen LogP contribution in [0, 0.1) is 0 Å². The van der Waals surface area contributed by atoms with Crippen molar-refractivity contribution in [2.24, 2.45) is 0 Å². The molecule has 1 aromatic heterocycles. The van der Waals surface area contributed by atoms with Gasteiger partial charge in [-0.05, 0) is 29.3 Å². The summed E-state index contributed by atoms with van der Waals surface area (Å²) < 4.78 is 5.43. The number of halogens is 1. The van der Waals surface area contributed by atoms with Gasteiger partial charge >= 0.3 is 0 Å². The van der Waals surface area contributed by atoms with Gasteiger partial charge in [0.15, 0.2) is 0 Å². The average molecular weight is 286 g/mol. The maximum absolute atomic E-state index is 6.01. The van der Waals surface area contributed by atoms with Crippen molar-refractivity contribution in [3.63, 3.8) is 0 Å². The number of aromatic nitrogens is 2. The van der Waals surface area contributed by atoms with Gasteiger partial charge in [0.25, 0.3) is 0 Å². The summed E-state index contributed by atoms with van der Waals surface area (Å²) in [6.45, 7) is 1.36. The first-order chi connectivity index (χ1) is 9.70. The van der Waals surface area contributed by atoms with E-state index >= 15 is 0 Å². The summed E-state index contributed by atoms with van der Waals surface area (Å²) in [5.41, 5.74) is 11.6. The fourth-order valence-corrected chi connectivity index (χ4v) is 2.79. The van der Waals surface area contributed by atoms with E-state index in [1.165, 1.54) is 11.1 Å². The number of nitrogens with one attached hydrogen (secondary N) is 1. The van der Waals surface area contributed by atoms with Crippen LogP contribution in [0.1, 0.15) is 11.1 Å². The second-order valence-corrected chi connectivity index (χ2v) is 5.39. The van der Waals surface area contributed by atoms with Crippen LogP contribution in [-0.2, 0) is 18.0 Å². The number of nitrogens with zero attached hydrogens (tertiary/aromatic N) is 1. The van der Waals surface area contributed by atoms with Crippen LogP contribution in [0.2, 0.25) is 5.02 Å². The highest BCUT2D eigenvalue weighted by atomic mass is 35.5. The molecule has 0 radical (unpaired) electrons. The molecule has 0 fully saturated rings. The van der Waals surface area contributed by atoms with Crippen LogP contribution in [0.4, 0.5) is 5.69 Å². The molecule has 0 amide bonds. The second-order valence-electron chi connectivity index (χ2n) is 4.95. The van der Waals surface area contributed by atoms with E-state index < -0.39 is 0 Å². The molecule has 20 heavy (non-hydrogen) atoms. The van der Waals surface area contributed by atoms with Gasteiger partial charge in [0, 0.05) is 10.6 Å². The number of hydrogen-bond acceptors (Lipinski definition) is 3. The van der Waals surface area contributed by atoms with Gasteiger partial charge in [-0.15, -0.1) is 0 Å². The van der Waals surface area contributed by atoms with Gasteiger partial charge < -0.3 is 15.5 Å². The van der Waals surface area contributed by atoms with Crippen LogP contribution in [0.25, 0.3) is 22.4 Å². The van der Waals surface area contributed by atoms with Crippen molar-refractivity contribution in [3.05, 3.63) is 46.5 Å². The summed E-state index contributed by atoms with van der Waals surface area (Å²) in [6.07, 6.45) is 0. The predicted molar refractivity (Wildman–Crippen MR) is 79.4 cm³/mol. The summed E-state index contributed by atoms with van der Waals surface area (Å²) in [5.74, 6) is 0.795. The Morgan fingerprint density at radius 2 is 2.00 bits per heavy atom. The molecular weight excluding hydrogens is 274 g/mol. The van der Waals surface area contributed by atoms with Crippen molar-refractivity contribution in [2.75, 3.05) is 5.73 Å². The number of anilines is 1. The molecule has 2 heterocycles. The van der Waals surface area contributed by atoms with E-state index in [0.717, 1.165) is 22.4 Å². The summed E-state index contributed by atoms with van der Waals surface area (Å²) in [5, 5.41) is 0.604. The van der Waals surface area contributed by atoms with Crippen molar-refractivity contribution in [2.45, 2.75) is 13.2 Å². The first-order valence-electron chi connectivity index (χ1n) is 6.35. The number of benzene rings is 2. The quantitative estimate of drug-likeness (QED) is 0.673. The minimum absolute atomic E-state index is 0.583. The Kier molecular flexibility index (Phi) is 2.49. The molecule has 3 N–H and O–H groups in total. The number of aromatic amines is 1. The maximum atomic E-state index is 6.01. The number of rotatable bonds is 1. The minimum Gasteiger partial charge on any atom is -0.397 e. The zero-order valence-electron chi connectivity index (χ0n) is 10.6. The molecule has 0 saturated carbocycles. The standard InChI is InChI=1S/C15H12ClN3O/c16-11-4-12(17)14-13(5-11)18-15(19-14)8-1-2-9-6-20-7-10(9)3-8/h1-5H,6-7,17H2,(H,18,19). The molecule has 0 bridgehead atoms. The second kappa shape index (κ2) is 4.23. The number of fused-ring (bicyclic) bond motifs is 2. The van der Waals surface area contributed by atoms with Gasteiger partial charge in [-0.2, -0.15) is 0 Å². The van der Waals surface area contributed by atoms with Crippen molar-refractivity contribution in [1.82, 2.24) is 9.97 Å². The molecule has 5 heteroatoms. The molecule has 0 atom stereocenters. The molecule has 0 saturated heterocycles. The molecule has 1 aliphatic heterocycles. The van der Waals surface area contributed by atoms with E-state index in [-0.39, 0.29) is 0 Å². The smallest absolute Gasteiger partial charge is 0.138 e. The monoisotopic (exact) mass is 285 g/mol. The number of nitrogens with two attached hydrogens (primary N) is 1. The molecule has 0 spiro atoms. The largest absolute Gasteiger partial charge is 0.397 e. The lowest BCUT2D eigenvalue weighted by molar-refractivity contribution is 0.134. The van der Waals surface area contributed by atoms with Gasteiger partial charge in [-0.25, -0.2) is 4.98 Å². The molecule has 4 rings (SSSR count). The fourth-order valence-electron chi connectivity index (χ4n) is 2.56. The van der Waals surface area contributed by atoms with E-state index in [2.05, 4.69) is 22.1 Å². The number of hydrogen-bond donors (Lipinski definition) is 2. The van der Waals surface area contributed by atoms with Crippen LogP contribution in [-0.4, -0.2) is 9.97 Å². The normalized spacial score (nSPS) is 13.8.